The van der Waals surface area contributed by atoms with Gasteiger partial charge in [-0.05, 0) is 69.7 Å². The van der Waals surface area contributed by atoms with Gasteiger partial charge in [0.05, 0.1) is 0 Å². The van der Waals surface area contributed by atoms with Gasteiger partial charge in [-0.1, -0.05) is 6.92 Å². The van der Waals surface area contributed by atoms with Crippen LogP contribution < -0.4 is 5.73 Å². The molecule has 100 valence electrons. The summed E-state index contributed by atoms with van der Waals surface area (Å²) in [4.78, 5) is 2.75. The molecule has 2 nitrogen and oxygen atoms in total. The molecule has 0 aromatic rings. The highest BCUT2D eigenvalue weighted by atomic mass is 15.2. The van der Waals surface area contributed by atoms with Crippen LogP contribution in [0, 0.1) is 17.8 Å². The van der Waals surface area contributed by atoms with Crippen LogP contribution in [0.3, 0.4) is 0 Å². The number of likely N-dealkylation sites (tertiary alicyclic amines) is 1. The maximum Gasteiger partial charge on any atom is 0.00672 e. The highest BCUT2D eigenvalue weighted by Gasteiger charge is 2.27. The van der Waals surface area contributed by atoms with Gasteiger partial charge in [-0.25, -0.2) is 0 Å². The fourth-order valence-corrected chi connectivity index (χ4v) is 3.62. The Morgan fingerprint density at radius 2 is 1.59 bits per heavy atom. The van der Waals surface area contributed by atoms with Crippen molar-refractivity contribution in [2.45, 2.75) is 58.4 Å². The molecule has 1 heterocycles. The minimum Gasteiger partial charge on any atom is -0.330 e. The summed E-state index contributed by atoms with van der Waals surface area (Å²) in [6.07, 6.45) is 8.41. The van der Waals surface area contributed by atoms with Crippen LogP contribution in [0.15, 0.2) is 0 Å². The molecule has 2 fully saturated rings. The summed E-state index contributed by atoms with van der Waals surface area (Å²) in [5, 5.41) is 0. The van der Waals surface area contributed by atoms with E-state index in [4.69, 9.17) is 5.73 Å². The first-order valence-electron chi connectivity index (χ1n) is 7.63. The second-order valence-electron chi connectivity index (χ2n) is 6.61. The Bertz CT molecular complexity index is 221. The maximum absolute atomic E-state index is 5.76. The summed E-state index contributed by atoms with van der Waals surface area (Å²) in [7, 11) is 0. The lowest BCUT2D eigenvalue weighted by Crippen LogP contribution is -2.44. The Kier molecular flexibility index (Phi) is 4.87. The fourth-order valence-electron chi connectivity index (χ4n) is 3.62. The molecule has 0 amide bonds. The molecule has 1 aliphatic heterocycles. The Labute approximate surface area is 107 Å². The van der Waals surface area contributed by atoms with Crippen LogP contribution in [0.2, 0.25) is 0 Å². The lowest BCUT2D eigenvalue weighted by atomic mass is 9.81. The number of piperidine rings is 1. The quantitative estimate of drug-likeness (QED) is 0.819. The van der Waals surface area contributed by atoms with Gasteiger partial charge in [-0.2, -0.15) is 0 Å². The summed E-state index contributed by atoms with van der Waals surface area (Å²) in [5.41, 5.74) is 5.76. The predicted octanol–water partition coefficient (Wildman–Crippen LogP) is 2.87. The van der Waals surface area contributed by atoms with Gasteiger partial charge in [0, 0.05) is 19.1 Å². The van der Waals surface area contributed by atoms with Gasteiger partial charge in [-0.15, -0.1) is 0 Å². The summed E-state index contributed by atoms with van der Waals surface area (Å²) < 4.78 is 0. The van der Waals surface area contributed by atoms with Crippen LogP contribution >= 0.6 is 0 Å². The van der Waals surface area contributed by atoms with Gasteiger partial charge in [0.15, 0.2) is 0 Å². The lowest BCUT2D eigenvalue weighted by molar-refractivity contribution is 0.0904. The number of nitrogens with zero attached hydrogens (tertiary/aromatic N) is 1. The second kappa shape index (κ2) is 6.19. The van der Waals surface area contributed by atoms with Crippen molar-refractivity contribution in [2.24, 2.45) is 23.5 Å². The van der Waals surface area contributed by atoms with E-state index in [1.54, 1.807) is 0 Å². The summed E-state index contributed by atoms with van der Waals surface area (Å²) >= 11 is 0. The third-order valence-corrected chi connectivity index (χ3v) is 5.04. The molecule has 17 heavy (non-hydrogen) atoms. The van der Waals surface area contributed by atoms with E-state index in [-0.39, 0.29) is 0 Å². The van der Waals surface area contributed by atoms with Gasteiger partial charge in [0.25, 0.3) is 0 Å². The van der Waals surface area contributed by atoms with E-state index in [2.05, 4.69) is 18.7 Å². The zero-order chi connectivity index (χ0) is 12.3. The van der Waals surface area contributed by atoms with Crippen LogP contribution in [-0.4, -0.2) is 30.6 Å². The first-order valence-corrected chi connectivity index (χ1v) is 7.63. The van der Waals surface area contributed by atoms with Crippen LogP contribution in [-0.2, 0) is 0 Å². The molecular weight excluding hydrogens is 208 g/mol. The van der Waals surface area contributed by atoms with Crippen LogP contribution in [0.25, 0.3) is 0 Å². The summed E-state index contributed by atoms with van der Waals surface area (Å²) in [6.45, 7) is 8.41. The Balaban J connectivity index is 1.76. The van der Waals surface area contributed by atoms with E-state index in [1.165, 1.54) is 51.6 Å². The molecule has 2 N–H and O–H groups in total. The molecule has 1 aliphatic carbocycles. The molecule has 1 saturated heterocycles. The normalized spacial score (nSPS) is 40.4. The highest BCUT2D eigenvalue weighted by Crippen LogP contribution is 2.31. The minimum atomic E-state index is 0.818. The first-order chi connectivity index (χ1) is 8.19. The fraction of sp³-hybridized carbons (Fsp3) is 1.00. The molecule has 2 unspecified atom stereocenters. The standard InChI is InChI=1S/C15H30N2/c1-12-3-4-13(2)17(10-12)11-15-7-5-14(9-16)6-8-15/h12-15H,3-11,16H2,1-2H3. The Morgan fingerprint density at radius 1 is 0.941 bits per heavy atom. The Morgan fingerprint density at radius 3 is 2.24 bits per heavy atom. The maximum atomic E-state index is 5.76. The highest BCUT2D eigenvalue weighted by molar-refractivity contribution is 4.81. The van der Waals surface area contributed by atoms with Crippen LogP contribution in [0.1, 0.15) is 52.4 Å². The third kappa shape index (κ3) is 3.69. The van der Waals surface area contributed by atoms with Gasteiger partial charge in [-0.3, -0.25) is 0 Å². The number of rotatable bonds is 3. The van der Waals surface area contributed by atoms with E-state index in [1.807, 2.05) is 0 Å². The average molecular weight is 238 g/mol. The SMILES string of the molecule is CC1CCC(C)N(CC2CCC(CN)CC2)C1. The van der Waals surface area contributed by atoms with E-state index in [0.29, 0.717) is 0 Å². The van der Waals surface area contributed by atoms with Crippen molar-refractivity contribution >= 4 is 0 Å². The molecule has 2 rings (SSSR count). The smallest absolute Gasteiger partial charge is 0.00672 e. The molecular formula is C15H30N2. The molecule has 2 atom stereocenters. The van der Waals surface area contributed by atoms with Crippen molar-refractivity contribution in [1.29, 1.82) is 0 Å². The number of hydrogen-bond acceptors (Lipinski definition) is 2. The summed E-state index contributed by atoms with van der Waals surface area (Å²) in [6, 6.07) is 0.818. The van der Waals surface area contributed by atoms with Gasteiger partial charge in [0.1, 0.15) is 0 Å². The van der Waals surface area contributed by atoms with Gasteiger partial charge in [0.2, 0.25) is 0 Å². The number of hydrogen-bond donors (Lipinski definition) is 1. The van der Waals surface area contributed by atoms with Crippen LogP contribution in [0.4, 0.5) is 0 Å². The minimum absolute atomic E-state index is 0.818. The first kappa shape index (κ1) is 13.4. The molecule has 0 aromatic heterocycles. The van der Waals surface area contributed by atoms with Crippen molar-refractivity contribution in [3.8, 4) is 0 Å². The molecule has 0 aromatic carbocycles. The zero-order valence-corrected chi connectivity index (χ0v) is 11.7. The zero-order valence-electron chi connectivity index (χ0n) is 11.7. The summed E-state index contributed by atoms with van der Waals surface area (Å²) in [5.74, 6) is 2.68. The van der Waals surface area contributed by atoms with Crippen molar-refractivity contribution in [3.63, 3.8) is 0 Å². The van der Waals surface area contributed by atoms with Crippen LogP contribution in [0.5, 0.6) is 0 Å². The van der Waals surface area contributed by atoms with Crippen molar-refractivity contribution < 1.29 is 0 Å². The molecule has 0 radical (unpaired) electrons. The van der Waals surface area contributed by atoms with Crippen molar-refractivity contribution in [3.05, 3.63) is 0 Å². The van der Waals surface area contributed by atoms with Crippen molar-refractivity contribution in [1.82, 2.24) is 4.90 Å². The van der Waals surface area contributed by atoms with E-state index < -0.39 is 0 Å². The van der Waals surface area contributed by atoms with Gasteiger partial charge < -0.3 is 10.6 Å². The van der Waals surface area contributed by atoms with Crippen molar-refractivity contribution in [2.75, 3.05) is 19.6 Å². The molecule has 0 bridgehead atoms. The van der Waals surface area contributed by atoms with E-state index in [0.717, 1.165) is 30.3 Å². The lowest BCUT2D eigenvalue weighted by Gasteiger charge is -2.40. The third-order valence-electron chi connectivity index (χ3n) is 5.04. The molecule has 0 spiro atoms. The second-order valence-corrected chi connectivity index (χ2v) is 6.61. The average Bonchev–Trinajstić information content (AvgIpc) is 2.35. The molecule has 1 saturated carbocycles. The topological polar surface area (TPSA) is 29.3 Å². The number of nitrogens with two attached hydrogens (primary N) is 1. The van der Waals surface area contributed by atoms with Gasteiger partial charge >= 0.3 is 0 Å². The van der Waals surface area contributed by atoms with E-state index >= 15 is 0 Å². The monoisotopic (exact) mass is 238 g/mol. The largest absolute Gasteiger partial charge is 0.330 e. The Hall–Kier alpha value is -0.0800. The predicted molar refractivity (Wildman–Crippen MR) is 73.9 cm³/mol. The molecule has 2 heteroatoms. The molecule has 2 aliphatic rings. The van der Waals surface area contributed by atoms with E-state index in [9.17, 15) is 0 Å².